The lowest BCUT2D eigenvalue weighted by atomic mass is 10.2. The van der Waals surface area contributed by atoms with Gasteiger partial charge >= 0.3 is 5.97 Å². The van der Waals surface area contributed by atoms with Gasteiger partial charge in [0.2, 0.25) is 0 Å². The number of benzene rings is 1. The Balaban J connectivity index is 1.95. The number of nitrogens with zero attached hydrogens (tertiary/aromatic N) is 2. The molecule has 1 amide bonds. The molecule has 3 rings (SSSR count). The molecule has 134 valence electrons. The van der Waals surface area contributed by atoms with Crippen molar-refractivity contribution in [2.24, 2.45) is 0 Å². The van der Waals surface area contributed by atoms with E-state index in [-0.39, 0.29) is 27.6 Å². The molecule has 0 spiro atoms. The van der Waals surface area contributed by atoms with Crippen molar-refractivity contribution >= 4 is 63.0 Å². The Morgan fingerprint density at radius 1 is 1.42 bits per heavy atom. The number of hydrogen-bond acceptors (Lipinski definition) is 8. The minimum Gasteiger partial charge on any atom is -0.493 e. The predicted molar refractivity (Wildman–Crippen MR) is 102 cm³/mol. The molecule has 0 radical (unpaired) electrons. The second-order valence-electron chi connectivity index (χ2n) is 5.00. The first kappa shape index (κ1) is 18.4. The molecule has 1 aromatic carbocycles. The molecule has 0 aliphatic carbocycles. The van der Waals surface area contributed by atoms with E-state index in [2.05, 4.69) is 4.98 Å². The van der Waals surface area contributed by atoms with Gasteiger partial charge in [0.15, 0.2) is 21.8 Å². The summed E-state index contributed by atoms with van der Waals surface area (Å²) in [7, 11) is 1.42. The Morgan fingerprint density at radius 3 is 2.81 bits per heavy atom. The van der Waals surface area contributed by atoms with E-state index in [0.29, 0.717) is 15.6 Å². The molecule has 1 saturated heterocycles. The molecule has 0 bridgehead atoms. The maximum Gasteiger partial charge on any atom is 0.308 e. The fourth-order valence-electron chi connectivity index (χ4n) is 2.20. The number of aromatic nitrogens is 1. The van der Waals surface area contributed by atoms with Crippen LogP contribution >= 0.6 is 34.7 Å². The van der Waals surface area contributed by atoms with Crippen molar-refractivity contribution in [2.45, 2.75) is 6.92 Å². The van der Waals surface area contributed by atoms with Gasteiger partial charge in [-0.15, -0.1) is 11.3 Å². The number of rotatable bonds is 4. The van der Waals surface area contributed by atoms with Gasteiger partial charge in [0, 0.05) is 18.5 Å². The summed E-state index contributed by atoms with van der Waals surface area (Å²) in [6.07, 6.45) is 3.17. The first-order valence-corrected chi connectivity index (χ1v) is 9.26. The van der Waals surface area contributed by atoms with Crippen molar-refractivity contribution in [1.29, 1.82) is 5.41 Å². The van der Waals surface area contributed by atoms with Crippen LogP contribution in [0.2, 0.25) is 5.02 Å². The fraction of sp³-hybridized carbons (Fsp3) is 0.125. The van der Waals surface area contributed by atoms with Crippen molar-refractivity contribution in [2.75, 3.05) is 12.0 Å². The van der Waals surface area contributed by atoms with Gasteiger partial charge < -0.3 is 9.47 Å². The van der Waals surface area contributed by atoms with Gasteiger partial charge in [0.1, 0.15) is 0 Å². The number of thioether (sulfide) groups is 1. The zero-order valence-corrected chi connectivity index (χ0v) is 16.0. The number of amidine groups is 1. The minimum absolute atomic E-state index is 0.0748. The van der Waals surface area contributed by atoms with Crippen LogP contribution in [0.15, 0.2) is 28.6 Å². The highest BCUT2D eigenvalue weighted by Gasteiger charge is 2.35. The van der Waals surface area contributed by atoms with E-state index in [1.165, 1.54) is 30.3 Å². The molecule has 0 saturated carbocycles. The van der Waals surface area contributed by atoms with Crippen LogP contribution in [0.3, 0.4) is 0 Å². The molecule has 1 fully saturated rings. The van der Waals surface area contributed by atoms with Crippen LogP contribution in [0.25, 0.3) is 6.08 Å². The molecule has 7 nitrogen and oxygen atoms in total. The lowest BCUT2D eigenvalue weighted by Crippen LogP contribution is -2.27. The number of carbonyl (C=O) groups is 2. The van der Waals surface area contributed by atoms with Crippen LogP contribution < -0.4 is 14.4 Å². The normalized spacial score (nSPS) is 15.7. The van der Waals surface area contributed by atoms with Gasteiger partial charge in [-0.25, -0.2) is 9.88 Å². The molecular weight excluding hydrogens is 398 g/mol. The summed E-state index contributed by atoms with van der Waals surface area (Å²) in [4.78, 5) is 29.5. The topological polar surface area (TPSA) is 92.6 Å². The summed E-state index contributed by atoms with van der Waals surface area (Å²) >= 11 is 8.48. The molecule has 2 heterocycles. The van der Waals surface area contributed by atoms with Crippen molar-refractivity contribution in [3.63, 3.8) is 0 Å². The highest BCUT2D eigenvalue weighted by atomic mass is 35.5. The summed E-state index contributed by atoms with van der Waals surface area (Å²) < 4.78 is 10.3. The SMILES string of the molecule is COc1cc(/C=C2\SC(=N)N(c3nccs3)C2=O)cc(Cl)c1OC(C)=O. The van der Waals surface area contributed by atoms with Gasteiger partial charge in [-0.2, -0.15) is 0 Å². The second kappa shape index (κ2) is 7.48. The van der Waals surface area contributed by atoms with Crippen molar-refractivity contribution in [3.05, 3.63) is 39.2 Å². The van der Waals surface area contributed by atoms with Gasteiger partial charge in [-0.1, -0.05) is 11.6 Å². The predicted octanol–water partition coefficient (Wildman–Crippen LogP) is 3.79. The third kappa shape index (κ3) is 3.59. The quantitative estimate of drug-likeness (QED) is 0.469. The molecule has 0 atom stereocenters. The molecule has 1 aromatic heterocycles. The number of halogens is 1. The Labute approximate surface area is 162 Å². The van der Waals surface area contributed by atoms with Gasteiger partial charge in [-0.05, 0) is 35.5 Å². The molecule has 26 heavy (non-hydrogen) atoms. The van der Waals surface area contributed by atoms with E-state index < -0.39 is 5.97 Å². The van der Waals surface area contributed by atoms with E-state index in [1.807, 2.05) is 0 Å². The summed E-state index contributed by atoms with van der Waals surface area (Å²) in [5.41, 5.74) is 0.576. The van der Waals surface area contributed by atoms with E-state index in [4.69, 9.17) is 26.5 Å². The minimum atomic E-state index is -0.523. The fourth-order valence-corrected chi connectivity index (χ4v) is 4.01. The molecule has 1 aliphatic rings. The van der Waals surface area contributed by atoms with Crippen LogP contribution in [-0.2, 0) is 9.59 Å². The lowest BCUT2D eigenvalue weighted by molar-refractivity contribution is -0.132. The monoisotopic (exact) mass is 409 g/mol. The van der Waals surface area contributed by atoms with Crippen molar-refractivity contribution < 1.29 is 19.1 Å². The number of nitrogens with one attached hydrogen (secondary N) is 1. The number of methoxy groups -OCH3 is 1. The number of carbonyl (C=O) groups excluding carboxylic acids is 2. The molecule has 1 aliphatic heterocycles. The highest BCUT2D eigenvalue weighted by Crippen LogP contribution is 2.40. The Bertz CT molecular complexity index is 928. The number of hydrogen-bond donors (Lipinski definition) is 1. The van der Waals surface area contributed by atoms with E-state index in [1.54, 1.807) is 29.8 Å². The van der Waals surface area contributed by atoms with E-state index >= 15 is 0 Å². The van der Waals surface area contributed by atoms with E-state index in [9.17, 15) is 9.59 Å². The van der Waals surface area contributed by atoms with Crippen LogP contribution in [0, 0.1) is 5.41 Å². The third-order valence-electron chi connectivity index (χ3n) is 3.23. The van der Waals surface area contributed by atoms with Crippen LogP contribution in [0.5, 0.6) is 11.5 Å². The average Bonchev–Trinajstić information content (AvgIpc) is 3.18. The number of esters is 1. The number of thiazole rings is 1. The van der Waals surface area contributed by atoms with Gasteiger partial charge in [-0.3, -0.25) is 15.0 Å². The van der Waals surface area contributed by atoms with E-state index in [0.717, 1.165) is 11.8 Å². The second-order valence-corrected chi connectivity index (χ2v) is 7.31. The Morgan fingerprint density at radius 2 is 2.19 bits per heavy atom. The molecular formula is C16H12ClN3O4S2. The summed E-state index contributed by atoms with van der Waals surface area (Å²) in [6, 6.07) is 3.15. The largest absolute Gasteiger partial charge is 0.493 e. The number of ether oxygens (including phenoxy) is 2. The van der Waals surface area contributed by atoms with Crippen LogP contribution in [0.4, 0.5) is 5.13 Å². The average molecular weight is 410 g/mol. The first-order valence-electron chi connectivity index (χ1n) is 7.18. The molecule has 2 aromatic rings. The highest BCUT2D eigenvalue weighted by molar-refractivity contribution is 8.19. The third-order valence-corrected chi connectivity index (χ3v) is 5.16. The van der Waals surface area contributed by atoms with Gasteiger partial charge in [0.25, 0.3) is 5.91 Å². The summed E-state index contributed by atoms with van der Waals surface area (Å²) in [6.45, 7) is 1.26. The molecule has 1 N–H and O–H groups in total. The standard InChI is InChI=1S/C16H12ClN3O4S2/c1-8(21)24-13-10(17)5-9(6-11(13)23-2)7-12-14(22)20(15(18)26-12)16-19-3-4-25-16/h3-7,18H,1-2H3/b12-7-,18-15?. The zero-order valence-electron chi connectivity index (χ0n) is 13.6. The molecule has 10 heteroatoms. The maximum absolute atomic E-state index is 12.6. The smallest absolute Gasteiger partial charge is 0.308 e. The van der Waals surface area contributed by atoms with Gasteiger partial charge in [0.05, 0.1) is 17.0 Å². The number of amides is 1. The summed E-state index contributed by atoms with van der Waals surface area (Å²) in [5.74, 6) is -0.479. The Hall–Kier alpha value is -2.36. The molecule has 0 unspecified atom stereocenters. The number of anilines is 1. The maximum atomic E-state index is 12.6. The zero-order chi connectivity index (χ0) is 18.8. The first-order chi connectivity index (χ1) is 12.4. The van der Waals surface area contributed by atoms with Crippen LogP contribution in [0.1, 0.15) is 12.5 Å². The Kier molecular flexibility index (Phi) is 5.30. The van der Waals surface area contributed by atoms with Crippen molar-refractivity contribution in [1.82, 2.24) is 4.98 Å². The summed E-state index contributed by atoms with van der Waals surface area (Å²) in [5, 5.41) is 10.5. The lowest BCUT2D eigenvalue weighted by Gasteiger charge is -2.11. The van der Waals surface area contributed by atoms with Crippen LogP contribution in [-0.4, -0.2) is 29.1 Å². The van der Waals surface area contributed by atoms with Crippen molar-refractivity contribution in [3.8, 4) is 11.5 Å².